The number of halogens is 3. The molecular formula is C16H12F3N3O. The summed E-state index contributed by atoms with van der Waals surface area (Å²) in [6.45, 7) is 0.713. The van der Waals surface area contributed by atoms with E-state index in [1.807, 2.05) is 0 Å². The number of nitrogens with zero attached hydrogens (tertiary/aromatic N) is 1. The highest BCUT2D eigenvalue weighted by atomic mass is 19.1. The van der Waals surface area contributed by atoms with Crippen molar-refractivity contribution in [1.29, 1.82) is 0 Å². The van der Waals surface area contributed by atoms with E-state index < -0.39 is 17.5 Å². The lowest BCUT2D eigenvalue weighted by atomic mass is 10.0. The number of H-pyrrole nitrogens is 1. The lowest BCUT2D eigenvalue weighted by Gasteiger charge is -2.17. The van der Waals surface area contributed by atoms with Crippen LogP contribution in [-0.4, -0.2) is 16.7 Å². The van der Waals surface area contributed by atoms with Crippen molar-refractivity contribution in [3.05, 3.63) is 69.9 Å². The summed E-state index contributed by atoms with van der Waals surface area (Å²) in [6.07, 6.45) is 0.742. The number of rotatable bonds is 0. The maximum Gasteiger partial charge on any atom is 0.272 e. The largest absolute Gasteiger partial charge is 0.384 e. The number of anilines is 1. The first-order chi connectivity index (χ1) is 11.0. The SMILES string of the molecule is Fc1cccc(F)c1.O=c1[nH]nc2c3c(cc(F)cc13)NCC2. The maximum absolute atomic E-state index is 13.2. The monoisotopic (exact) mass is 319 g/mol. The quantitative estimate of drug-likeness (QED) is 0.670. The zero-order valence-electron chi connectivity index (χ0n) is 11.9. The highest BCUT2D eigenvalue weighted by Gasteiger charge is 2.16. The molecule has 0 fully saturated rings. The molecule has 1 aliphatic heterocycles. The molecule has 0 saturated carbocycles. The van der Waals surface area contributed by atoms with E-state index in [9.17, 15) is 18.0 Å². The van der Waals surface area contributed by atoms with E-state index in [-0.39, 0.29) is 5.56 Å². The number of hydrogen-bond donors (Lipinski definition) is 2. The van der Waals surface area contributed by atoms with E-state index in [2.05, 4.69) is 15.5 Å². The molecule has 7 heteroatoms. The van der Waals surface area contributed by atoms with Gasteiger partial charge in [0, 0.05) is 30.1 Å². The van der Waals surface area contributed by atoms with Crippen molar-refractivity contribution in [3.63, 3.8) is 0 Å². The maximum atomic E-state index is 13.2. The molecule has 0 bridgehead atoms. The number of aromatic nitrogens is 2. The van der Waals surface area contributed by atoms with Gasteiger partial charge in [0.25, 0.3) is 5.56 Å². The first-order valence-corrected chi connectivity index (χ1v) is 6.90. The van der Waals surface area contributed by atoms with Gasteiger partial charge >= 0.3 is 0 Å². The van der Waals surface area contributed by atoms with Crippen LogP contribution < -0.4 is 10.9 Å². The van der Waals surface area contributed by atoms with Gasteiger partial charge in [-0.2, -0.15) is 5.10 Å². The third-order valence-corrected chi connectivity index (χ3v) is 3.39. The van der Waals surface area contributed by atoms with Gasteiger partial charge in [-0.3, -0.25) is 4.79 Å². The molecule has 3 aromatic rings. The summed E-state index contributed by atoms with van der Waals surface area (Å²) in [5.74, 6) is -1.48. The second-order valence-electron chi connectivity index (χ2n) is 4.99. The summed E-state index contributed by atoms with van der Waals surface area (Å²) in [4.78, 5) is 11.5. The van der Waals surface area contributed by atoms with Crippen molar-refractivity contribution in [3.8, 4) is 0 Å². The predicted octanol–water partition coefficient (Wildman–Crippen LogP) is 3.00. The second-order valence-corrected chi connectivity index (χ2v) is 4.99. The van der Waals surface area contributed by atoms with Crippen LogP contribution in [0.25, 0.3) is 10.8 Å². The Hall–Kier alpha value is -2.83. The molecule has 118 valence electrons. The fourth-order valence-corrected chi connectivity index (χ4v) is 2.43. The first-order valence-electron chi connectivity index (χ1n) is 6.90. The summed E-state index contributed by atoms with van der Waals surface area (Å²) >= 11 is 0. The molecule has 23 heavy (non-hydrogen) atoms. The molecule has 2 N–H and O–H groups in total. The molecule has 4 rings (SSSR count). The Labute approximate surface area is 129 Å². The van der Waals surface area contributed by atoms with Gasteiger partial charge in [-0.1, -0.05) is 6.07 Å². The summed E-state index contributed by atoms with van der Waals surface area (Å²) in [6, 6.07) is 7.19. The zero-order valence-corrected chi connectivity index (χ0v) is 11.9. The average Bonchev–Trinajstić information content (AvgIpc) is 2.51. The molecule has 0 saturated heterocycles. The smallest absolute Gasteiger partial charge is 0.272 e. The van der Waals surface area contributed by atoms with Crippen LogP contribution in [0.3, 0.4) is 0 Å². The van der Waals surface area contributed by atoms with Gasteiger partial charge in [0.1, 0.15) is 17.5 Å². The van der Waals surface area contributed by atoms with Crippen LogP contribution in [0.2, 0.25) is 0 Å². The Balaban J connectivity index is 0.000000166. The molecule has 1 aromatic heterocycles. The molecule has 4 nitrogen and oxygen atoms in total. The minimum Gasteiger partial charge on any atom is -0.384 e. The van der Waals surface area contributed by atoms with Gasteiger partial charge in [0.2, 0.25) is 0 Å². The molecule has 2 heterocycles. The van der Waals surface area contributed by atoms with E-state index in [1.165, 1.54) is 30.3 Å². The van der Waals surface area contributed by atoms with E-state index in [1.54, 1.807) is 0 Å². The van der Waals surface area contributed by atoms with Gasteiger partial charge in [-0.15, -0.1) is 0 Å². The van der Waals surface area contributed by atoms with Crippen molar-refractivity contribution in [1.82, 2.24) is 10.2 Å². The highest BCUT2D eigenvalue weighted by molar-refractivity contribution is 5.96. The van der Waals surface area contributed by atoms with Crippen molar-refractivity contribution in [2.24, 2.45) is 0 Å². The summed E-state index contributed by atoms with van der Waals surface area (Å²) in [7, 11) is 0. The minimum atomic E-state index is -0.537. The van der Waals surface area contributed by atoms with Crippen molar-refractivity contribution >= 4 is 16.5 Å². The third-order valence-electron chi connectivity index (χ3n) is 3.39. The Morgan fingerprint density at radius 3 is 2.39 bits per heavy atom. The van der Waals surface area contributed by atoms with Crippen LogP contribution in [-0.2, 0) is 6.42 Å². The fraction of sp³-hybridized carbons (Fsp3) is 0.125. The molecule has 0 unspecified atom stereocenters. The molecule has 0 atom stereocenters. The number of benzene rings is 2. The molecule has 0 aliphatic carbocycles. The van der Waals surface area contributed by atoms with Gasteiger partial charge in [0.15, 0.2) is 0 Å². The Morgan fingerprint density at radius 2 is 1.74 bits per heavy atom. The number of aromatic amines is 1. The van der Waals surface area contributed by atoms with E-state index in [4.69, 9.17) is 0 Å². The van der Waals surface area contributed by atoms with Crippen molar-refractivity contribution in [2.45, 2.75) is 6.42 Å². The second kappa shape index (κ2) is 6.12. The van der Waals surface area contributed by atoms with E-state index in [0.717, 1.165) is 23.6 Å². The standard InChI is InChI=1S/C10H8FN3O.C6H4F2/c11-5-3-6-9-7(13-14-10(6)15)1-2-12-8(9)4-5;7-5-2-1-3-6(8)4-5/h3-4,12H,1-2H2,(H,14,15);1-4H. The normalized spacial score (nSPS) is 12.3. The van der Waals surface area contributed by atoms with E-state index >= 15 is 0 Å². The van der Waals surface area contributed by atoms with Gasteiger partial charge in [-0.25, -0.2) is 18.3 Å². The van der Waals surface area contributed by atoms with Crippen LogP contribution in [0.5, 0.6) is 0 Å². The third kappa shape index (κ3) is 3.18. The first kappa shape index (κ1) is 15.1. The molecule has 0 radical (unpaired) electrons. The van der Waals surface area contributed by atoms with Crippen LogP contribution in [0.1, 0.15) is 5.69 Å². The van der Waals surface area contributed by atoms with E-state index in [0.29, 0.717) is 17.6 Å². The molecular weight excluding hydrogens is 307 g/mol. The topological polar surface area (TPSA) is 57.8 Å². The molecule has 0 spiro atoms. The lowest BCUT2D eigenvalue weighted by Crippen LogP contribution is -2.19. The number of hydrogen-bond acceptors (Lipinski definition) is 3. The predicted molar refractivity (Wildman–Crippen MR) is 80.9 cm³/mol. The lowest BCUT2D eigenvalue weighted by molar-refractivity contribution is 0.583. The molecule has 2 aromatic carbocycles. The highest BCUT2D eigenvalue weighted by Crippen LogP contribution is 2.27. The van der Waals surface area contributed by atoms with Crippen molar-refractivity contribution in [2.75, 3.05) is 11.9 Å². The van der Waals surface area contributed by atoms with Gasteiger partial charge in [0.05, 0.1) is 11.1 Å². The minimum absolute atomic E-state index is 0.349. The number of nitrogens with one attached hydrogen (secondary N) is 2. The Kier molecular flexibility index (Phi) is 4.01. The summed E-state index contributed by atoms with van der Waals surface area (Å²) < 4.78 is 37.1. The average molecular weight is 319 g/mol. The van der Waals surface area contributed by atoms with Crippen molar-refractivity contribution < 1.29 is 13.2 Å². The molecule has 0 amide bonds. The van der Waals surface area contributed by atoms with Gasteiger partial charge in [-0.05, 0) is 24.3 Å². The van der Waals surface area contributed by atoms with Crippen LogP contribution in [0, 0.1) is 17.5 Å². The van der Waals surface area contributed by atoms with Gasteiger partial charge < -0.3 is 5.32 Å². The Bertz CT molecular complexity index is 907. The summed E-state index contributed by atoms with van der Waals surface area (Å²) in [5, 5.41) is 10.5. The summed E-state index contributed by atoms with van der Waals surface area (Å²) in [5.41, 5.74) is 1.13. The van der Waals surface area contributed by atoms with Crippen LogP contribution >= 0.6 is 0 Å². The van der Waals surface area contributed by atoms with Crippen LogP contribution in [0.4, 0.5) is 18.9 Å². The molecule has 1 aliphatic rings. The fourth-order valence-electron chi connectivity index (χ4n) is 2.43. The van der Waals surface area contributed by atoms with Crippen LogP contribution in [0.15, 0.2) is 41.2 Å². The Morgan fingerprint density at radius 1 is 1.00 bits per heavy atom. The zero-order chi connectivity index (χ0) is 16.4.